The first-order valence-corrected chi connectivity index (χ1v) is 21.8. The van der Waals surface area contributed by atoms with E-state index in [0.29, 0.717) is 13.0 Å². The second-order valence-corrected chi connectivity index (χ2v) is 14.8. The number of hydrogen-bond acceptors (Lipinski definition) is 8. The molecular formula is C42H74NO9P. The molecule has 0 aromatic carbocycles. The third-order valence-corrected chi connectivity index (χ3v) is 9.23. The van der Waals surface area contributed by atoms with Crippen LogP contribution in [0.1, 0.15) is 155 Å². The van der Waals surface area contributed by atoms with Crippen LogP contribution >= 0.6 is 7.82 Å². The summed E-state index contributed by atoms with van der Waals surface area (Å²) in [6, 6.07) is -1.48. The molecule has 11 heteroatoms. The second kappa shape index (κ2) is 38.0. The fourth-order valence-electron chi connectivity index (χ4n) is 5.10. The normalized spacial score (nSPS) is 14.6. The molecule has 0 spiro atoms. The Labute approximate surface area is 322 Å². The number of allylic oxidation sites excluding steroid dienone is 10. The summed E-state index contributed by atoms with van der Waals surface area (Å²) in [7, 11) is -4.62. The van der Waals surface area contributed by atoms with Gasteiger partial charge < -0.3 is 25.2 Å². The number of esters is 1. The van der Waals surface area contributed by atoms with Gasteiger partial charge in [-0.3, -0.25) is 18.6 Å². The molecule has 0 radical (unpaired) electrons. The van der Waals surface area contributed by atoms with Gasteiger partial charge >= 0.3 is 19.8 Å². The molecule has 0 rings (SSSR count). The van der Waals surface area contributed by atoms with E-state index in [2.05, 4.69) is 74.6 Å². The number of carbonyl (C=O) groups is 2. The minimum atomic E-state index is -4.62. The molecule has 0 saturated carbocycles. The van der Waals surface area contributed by atoms with Crippen LogP contribution in [0.2, 0.25) is 0 Å². The van der Waals surface area contributed by atoms with E-state index in [-0.39, 0.29) is 13.0 Å². The Hall–Kier alpha value is -2.33. The number of carboxylic acids is 1. The highest BCUT2D eigenvalue weighted by molar-refractivity contribution is 7.47. The number of nitrogens with two attached hydrogens (primary N) is 1. The quantitative estimate of drug-likeness (QED) is 0.0239. The van der Waals surface area contributed by atoms with Crippen LogP contribution in [0.5, 0.6) is 0 Å². The topological polar surface area (TPSA) is 155 Å². The molecule has 0 fully saturated rings. The number of unbranched alkanes of at least 4 members (excludes halogenated alkanes) is 14. The van der Waals surface area contributed by atoms with E-state index in [1.54, 1.807) is 0 Å². The summed E-state index contributed by atoms with van der Waals surface area (Å²) < 4.78 is 33.2. The Kier molecular flexibility index (Phi) is 36.3. The molecule has 0 aromatic heterocycles. The molecule has 0 aliphatic rings. The van der Waals surface area contributed by atoms with Gasteiger partial charge in [0.2, 0.25) is 0 Å². The zero-order valence-electron chi connectivity index (χ0n) is 33.1. The SMILES string of the molecule is CC/C=C\C/C=C\C/C=C\C/C=C\CCCCCCCCCOCC(COP(=O)(O)OCC(N)C(=O)O)OC(=O)CCCCCCC/C=C\CCCC. The van der Waals surface area contributed by atoms with Crippen molar-refractivity contribution in [3.05, 3.63) is 60.8 Å². The first-order chi connectivity index (χ1) is 25.7. The maximum Gasteiger partial charge on any atom is 0.472 e. The van der Waals surface area contributed by atoms with Crippen LogP contribution in [0.3, 0.4) is 0 Å². The molecule has 306 valence electrons. The van der Waals surface area contributed by atoms with E-state index in [9.17, 15) is 19.0 Å². The molecule has 0 saturated heterocycles. The highest BCUT2D eigenvalue weighted by Crippen LogP contribution is 2.43. The molecule has 0 bridgehead atoms. The lowest BCUT2D eigenvalue weighted by molar-refractivity contribution is -0.154. The minimum Gasteiger partial charge on any atom is -0.480 e. The fraction of sp³-hybridized carbons (Fsp3) is 0.714. The smallest absolute Gasteiger partial charge is 0.472 e. The average Bonchev–Trinajstić information content (AvgIpc) is 3.13. The maximum absolute atomic E-state index is 12.6. The van der Waals surface area contributed by atoms with Crippen molar-refractivity contribution < 1.29 is 42.7 Å². The van der Waals surface area contributed by atoms with Crippen LogP contribution in [0, 0.1) is 0 Å². The zero-order chi connectivity index (χ0) is 39.1. The maximum atomic E-state index is 12.6. The van der Waals surface area contributed by atoms with Crippen molar-refractivity contribution in [2.75, 3.05) is 26.4 Å². The van der Waals surface area contributed by atoms with Crippen LogP contribution < -0.4 is 5.73 Å². The van der Waals surface area contributed by atoms with Gasteiger partial charge in [-0.2, -0.15) is 0 Å². The van der Waals surface area contributed by atoms with Gasteiger partial charge in [-0.15, -0.1) is 0 Å². The van der Waals surface area contributed by atoms with Crippen molar-refractivity contribution in [2.24, 2.45) is 5.73 Å². The van der Waals surface area contributed by atoms with E-state index in [4.69, 9.17) is 29.4 Å². The van der Waals surface area contributed by atoms with Crippen molar-refractivity contribution in [3.8, 4) is 0 Å². The van der Waals surface area contributed by atoms with Crippen molar-refractivity contribution in [2.45, 2.75) is 167 Å². The number of phosphoric ester groups is 1. The molecule has 4 N–H and O–H groups in total. The number of ether oxygens (including phenoxy) is 2. The van der Waals surface area contributed by atoms with Gasteiger partial charge in [-0.25, -0.2) is 4.57 Å². The summed E-state index contributed by atoms with van der Waals surface area (Å²) in [6.45, 7) is 3.67. The molecule has 0 amide bonds. The summed E-state index contributed by atoms with van der Waals surface area (Å²) in [5.74, 6) is -1.80. The number of carbonyl (C=O) groups excluding carboxylic acids is 1. The van der Waals surface area contributed by atoms with Crippen LogP contribution in [-0.2, 0) is 32.7 Å². The summed E-state index contributed by atoms with van der Waals surface area (Å²) in [4.78, 5) is 33.4. The third-order valence-electron chi connectivity index (χ3n) is 8.28. The number of phosphoric acid groups is 1. The first-order valence-electron chi connectivity index (χ1n) is 20.3. The monoisotopic (exact) mass is 768 g/mol. The molecular weight excluding hydrogens is 693 g/mol. The highest BCUT2D eigenvalue weighted by Gasteiger charge is 2.27. The van der Waals surface area contributed by atoms with E-state index in [0.717, 1.165) is 89.9 Å². The molecule has 10 nitrogen and oxygen atoms in total. The predicted molar refractivity (Wildman–Crippen MR) is 217 cm³/mol. The third kappa shape index (κ3) is 37.8. The number of rotatable bonds is 38. The van der Waals surface area contributed by atoms with Crippen LogP contribution in [0.25, 0.3) is 0 Å². The summed E-state index contributed by atoms with van der Waals surface area (Å²) in [5.41, 5.74) is 5.34. The molecule has 0 heterocycles. The van der Waals surface area contributed by atoms with Gasteiger partial charge in [0.25, 0.3) is 0 Å². The van der Waals surface area contributed by atoms with Crippen molar-refractivity contribution in [1.82, 2.24) is 0 Å². The number of aliphatic carboxylic acids is 1. The molecule has 0 aliphatic heterocycles. The van der Waals surface area contributed by atoms with Crippen molar-refractivity contribution >= 4 is 19.8 Å². The van der Waals surface area contributed by atoms with Crippen molar-refractivity contribution in [3.63, 3.8) is 0 Å². The molecule has 3 unspecified atom stereocenters. The van der Waals surface area contributed by atoms with Gasteiger partial charge in [0.1, 0.15) is 12.1 Å². The van der Waals surface area contributed by atoms with Gasteiger partial charge in [-0.1, -0.05) is 139 Å². The largest absolute Gasteiger partial charge is 0.480 e. The Bertz CT molecular complexity index is 1070. The Morgan fingerprint density at radius 2 is 1.09 bits per heavy atom. The average molecular weight is 768 g/mol. The minimum absolute atomic E-state index is 0.00342. The fourth-order valence-corrected chi connectivity index (χ4v) is 5.88. The van der Waals surface area contributed by atoms with Crippen LogP contribution in [0.15, 0.2) is 60.8 Å². The second-order valence-electron chi connectivity index (χ2n) is 13.4. The lowest BCUT2D eigenvalue weighted by Gasteiger charge is -2.20. The van der Waals surface area contributed by atoms with Crippen molar-refractivity contribution in [1.29, 1.82) is 0 Å². The Morgan fingerprint density at radius 3 is 1.66 bits per heavy atom. The lowest BCUT2D eigenvalue weighted by atomic mass is 10.1. The highest BCUT2D eigenvalue weighted by atomic mass is 31.2. The van der Waals surface area contributed by atoms with Gasteiger partial charge in [0, 0.05) is 13.0 Å². The summed E-state index contributed by atoms with van der Waals surface area (Å²) in [5, 5.41) is 8.87. The van der Waals surface area contributed by atoms with Gasteiger partial charge in [0.05, 0.1) is 19.8 Å². The Morgan fingerprint density at radius 1 is 0.623 bits per heavy atom. The van der Waals surface area contributed by atoms with E-state index < -0.39 is 45.1 Å². The summed E-state index contributed by atoms with van der Waals surface area (Å²) in [6.07, 6.45) is 44.2. The Balaban J connectivity index is 4.26. The predicted octanol–water partition coefficient (Wildman–Crippen LogP) is 10.9. The molecule has 0 aromatic rings. The number of carboxylic acid groups (broad SMARTS) is 1. The van der Waals surface area contributed by atoms with E-state index in [1.807, 2.05) is 0 Å². The summed E-state index contributed by atoms with van der Waals surface area (Å²) >= 11 is 0. The molecule has 0 aliphatic carbocycles. The van der Waals surface area contributed by atoms with E-state index in [1.165, 1.54) is 38.5 Å². The first kappa shape index (κ1) is 50.7. The molecule has 53 heavy (non-hydrogen) atoms. The van der Waals surface area contributed by atoms with Crippen LogP contribution in [0.4, 0.5) is 0 Å². The van der Waals surface area contributed by atoms with Gasteiger partial charge in [0.15, 0.2) is 0 Å². The zero-order valence-corrected chi connectivity index (χ0v) is 34.0. The molecule has 3 atom stereocenters. The van der Waals surface area contributed by atoms with Gasteiger partial charge in [-0.05, 0) is 70.6 Å². The number of hydrogen-bond donors (Lipinski definition) is 3. The lowest BCUT2D eigenvalue weighted by Crippen LogP contribution is -2.34. The van der Waals surface area contributed by atoms with E-state index >= 15 is 0 Å². The standard InChI is InChI=1S/C42H74NO9P/c1-3-5-7-9-11-13-15-16-17-18-19-20-21-22-23-25-27-29-31-33-35-49-36-39(37-50-53(47,48)51-38-40(43)42(45)46)52-41(44)34-32-30-28-26-24-14-12-10-8-6-4-2/h5,7,10-13,16-17,19-20,39-40H,3-4,6,8-9,14-15,18,21-38,43H2,1-2H3,(H,45,46)(H,47,48)/b7-5-,12-10-,13-11-,17-16-,20-19-. The van der Waals surface area contributed by atoms with Crippen LogP contribution in [-0.4, -0.2) is 60.5 Å².